The number of nitrogens with one attached hydrogen (secondary N) is 1. The molecule has 0 unspecified atom stereocenters. The molecular formula is C18H22FNOS. The monoisotopic (exact) mass is 319 g/mol. The van der Waals surface area contributed by atoms with Crippen LogP contribution in [0.3, 0.4) is 0 Å². The van der Waals surface area contributed by atoms with Gasteiger partial charge in [0.05, 0.1) is 5.75 Å². The first-order chi connectivity index (χ1) is 10.6. The summed E-state index contributed by atoms with van der Waals surface area (Å²) in [7, 11) is 0. The molecule has 4 fully saturated rings. The van der Waals surface area contributed by atoms with E-state index >= 15 is 0 Å². The maximum absolute atomic E-state index is 13.2. The van der Waals surface area contributed by atoms with E-state index in [1.807, 2.05) is 11.8 Å². The molecule has 1 aromatic rings. The fraction of sp³-hybridized carbons (Fsp3) is 0.611. The van der Waals surface area contributed by atoms with Gasteiger partial charge in [-0.3, -0.25) is 4.79 Å². The zero-order valence-corrected chi connectivity index (χ0v) is 13.5. The summed E-state index contributed by atoms with van der Waals surface area (Å²) in [4.78, 5) is 12.2. The Labute approximate surface area is 135 Å². The minimum Gasteiger partial charge on any atom is -0.325 e. The normalized spacial score (nSPS) is 35.6. The molecule has 2 nitrogen and oxygen atoms in total. The lowest BCUT2D eigenvalue weighted by Crippen LogP contribution is -2.49. The molecule has 0 spiro atoms. The summed E-state index contributed by atoms with van der Waals surface area (Å²) in [6.07, 6.45) is 8.19. The third-order valence-corrected chi connectivity index (χ3v) is 7.12. The van der Waals surface area contributed by atoms with Crippen LogP contribution in [-0.2, 0) is 4.79 Å². The maximum Gasteiger partial charge on any atom is 0.234 e. The van der Waals surface area contributed by atoms with Gasteiger partial charge in [0.1, 0.15) is 5.82 Å². The molecule has 0 saturated heterocycles. The molecule has 0 radical (unpaired) electrons. The van der Waals surface area contributed by atoms with E-state index in [9.17, 15) is 9.18 Å². The molecule has 4 heteroatoms. The Morgan fingerprint density at radius 1 is 1.18 bits per heavy atom. The van der Waals surface area contributed by atoms with Gasteiger partial charge in [-0.05, 0) is 74.5 Å². The van der Waals surface area contributed by atoms with Crippen molar-refractivity contribution in [1.29, 1.82) is 0 Å². The van der Waals surface area contributed by atoms with Gasteiger partial charge in [0.25, 0.3) is 0 Å². The summed E-state index contributed by atoms with van der Waals surface area (Å²) in [5.41, 5.74) is 0.552. The summed E-state index contributed by atoms with van der Waals surface area (Å²) in [6.45, 7) is 0. The molecule has 4 aliphatic carbocycles. The lowest BCUT2D eigenvalue weighted by atomic mass is 9.56. The van der Waals surface area contributed by atoms with Crippen molar-refractivity contribution in [2.45, 2.75) is 43.3 Å². The van der Waals surface area contributed by atoms with Gasteiger partial charge in [0.2, 0.25) is 5.91 Å². The topological polar surface area (TPSA) is 29.1 Å². The van der Waals surface area contributed by atoms with Crippen LogP contribution in [-0.4, -0.2) is 16.4 Å². The zero-order valence-electron chi connectivity index (χ0n) is 12.7. The fourth-order valence-electron chi connectivity index (χ4n) is 5.19. The highest BCUT2D eigenvalue weighted by atomic mass is 32.2. The minimum absolute atomic E-state index is 0.00801. The SMILES string of the molecule is O=C(CSC12CC3CC(CC(C3)C1)C2)Nc1cccc(F)c1. The Morgan fingerprint density at radius 2 is 1.82 bits per heavy atom. The minimum atomic E-state index is -0.313. The third-order valence-electron chi connectivity index (χ3n) is 5.60. The van der Waals surface area contributed by atoms with E-state index in [0.29, 0.717) is 16.2 Å². The Hall–Kier alpha value is -1.03. The van der Waals surface area contributed by atoms with Gasteiger partial charge in [-0.1, -0.05) is 6.07 Å². The summed E-state index contributed by atoms with van der Waals surface area (Å²) >= 11 is 1.86. The summed E-state index contributed by atoms with van der Waals surface area (Å²) in [6, 6.07) is 6.11. The first-order valence-corrected chi connectivity index (χ1v) is 9.28. The molecule has 4 bridgehead atoms. The number of thioether (sulfide) groups is 1. The number of rotatable bonds is 4. The first-order valence-electron chi connectivity index (χ1n) is 8.30. The highest BCUT2D eigenvalue weighted by Crippen LogP contribution is 2.60. The summed E-state index contributed by atoms with van der Waals surface area (Å²) < 4.78 is 13.5. The van der Waals surface area contributed by atoms with Gasteiger partial charge in [-0.15, -0.1) is 11.8 Å². The lowest BCUT2D eigenvalue weighted by Gasteiger charge is -2.56. The van der Waals surface area contributed by atoms with Gasteiger partial charge in [0.15, 0.2) is 0 Å². The second kappa shape index (κ2) is 5.55. The average molecular weight is 319 g/mol. The number of amides is 1. The van der Waals surface area contributed by atoms with Gasteiger partial charge < -0.3 is 5.32 Å². The van der Waals surface area contributed by atoms with E-state index < -0.39 is 0 Å². The van der Waals surface area contributed by atoms with Crippen LogP contribution >= 0.6 is 11.8 Å². The highest BCUT2D eigenvalue weighted by molar-refractivity contribution is 8.01. The standard InChI is InChI=1S/C18H22FNOS/c19-15-2-1-3-16(7-15)20-17(21)11-22-18-8-12-4-13(9-18)6-14(5-12)10-18/h1-3,7,12-14H,4-6,8-11H2,(H,20,21). The summed E-state index contributed by atoms with van der Waals surface area (Å²) in [5.74, 6) is 2.89. The summed E-state index contributed by atoms with van der Waals surface area (Å²) in [5, 5.41) is 2.82. The number of hydrogen-bond acceptors (Lipinski definition) is 2. The molecule has 4 saturated carbocycles. The van der Waals surface area contributed by atoms with Crippen molar-refractivity contribution in [3.63, 3.8) is 0 Å². The molecule has 1 N–H and O–H groups in total. The molecule has 22 heavy (non-hydrogen) atoms. The molecule has 5 rings (SSSR count). The van der Waals surface area contributed by atoms with E-state index in [-0.39, 0.29) is 11.7 Å². The highest BCUT2D eigenvalue weighted by Gasteiger charge is 2.51. The van der Waals surface area contributed by atoms with E-state index in [1.165, 1.54) is 50.7 Å². The Balaban J connectivity index is 1.35. The molecule has 118 valence electrons. The van der Waals surface area contributed by atoms with Crippen molar-refractivity contribution in [2.24, 2.45) is 17.8 Å². The molecule has 0 atom stereocenters. The van der Waals surface area contributed by atoms with Crippen LogP contribution in [0.5, 0.6) is 0 Å². The second-order valence-corrected chi connectivity index (χ2v) is 8.89. The Morgan fingerprint density at radius 3 is 2.41 bits per heavy atom. The second-order valence-electron chi connectivity index (χ2n) is 7.45. The van der Waals surface area contributed by atoms with Crippen LogP contribution < -0.4 is 5.32 Å². The molecule has 1 amide bonds. The number of hydrogen-bond donors (Lipinski definition) is 1. The van der Waals surface area contributed by atoms with Crippen molar-refractivity contribution in [3.8, 4) is 0 Å². The molecule has 0 heterocycles. The third kappa shape index (κ3) is 2.90. The number of carbonyl (C=O) groups excluding carboxylic acids is 1. The van der Waals surface area contributed by atoms with Crippen molar-refractivity contribution in [1.82, 2.24) is 0 Å². The predicted molar refractivity (Wildman–Crippen MR) is 88.4 cm³/mol. The van der Waals surface area contributed by atoms with Crippen LogP contribution in [0, 0.1) is 23.6 Å². The van der Waals surface area contributed by atoms with Gasteiger partial charge in [-0.25, -0.2) is 4.39 Å². The number of carbonyl (C=O) groups is 1. The van der Waals surface area contributed by atoms with E-state index in [4.69, 9.17) is 0 Å². The zero-order chi connectivity index (χ0) is 15.2. The van der Waals surface area contributed by atoms with Crippen LogP contribution in [0.1, 0.15) is 38.5 Å². The van der Waals surface area contributed by atoms with Crippen molar-refractivity contribution in [2.75, 3.05) is 11.1 Å². The van der Waals surface area contributed by atoms with E-state index in [1.54, 1.807) is 12.1 Å². The number of benzene rings is 1. The average Bonchev–Trinajstić information content (AvgIpc) is 2.44. The molecule has 0 aliphatic heterocycles. The van der Waals surface area contributed by atoms with Gasteiger partial charge in [-0.2, -0.15) is 0 Å². The maximum atomic E-state index is 13.2. The molecular weight excluding hydrogens is 297 g/mol. The number of halogens is 1. The fourth-order valence-corrected chi connectivity index (χ4v) is 6.76. The van der Waals surface area contributed by atoms with Gasteiger partial charge >= 0.3 is 0 Å². The van der Waals surface area contributed by atoms with Crippen LogP contribution in [0.4, 0.5) is 10.1 Å². The predicted octanol–water partition coefficient (Wildman–Crippen LogP) is 4.47. The Bertz CT molecular complexity index is 553. The van der Waals surface area contributed by atoms with Gasteiger partial charge in [0, 0.05) is 10.4 Å². The molecule has 0 aromatic heterocycles. The largest absolute Gasteiger partial charge is 0.325 e. The van der Waals surface area contributed by atoms with Crippen molar-refractivity contribution in [3.05, 3.63) is 30.1 Å². The molecule has 1 aromatic carbocycles. The lowest BCUT2D eigenvalue weighted by molar-refractivity contribution is -0.113. The smallest absolute Gasteiger partial charge is 0.234 e. The van der Waals surface area contributed by atoms with Crippen LogP contribution in [0.2, 0.25) is 0 Å². The van der Waals surface area contributed by atoms with Crippen molar-refractivity contribution >= 4 is 23.4 Å². The van der Waals surface area contributed by atoms with Crippen LogP contribution in [0.25, 0.3) is 0 Å². The van der Waals surface area contributed by atoms with Crippen LogP contribution in [0.15, 0.2) is 24.3 Å². The quantitative estimate of drug-likeness (QED) is 0.887. The first kappa shape index (κ1) is 14.6. The molecule has 4 aliphatic rings. The van der Waals surface area contributed by atoms with Crippen molar-refractivity contribution < 1.29 is 9.18 Å². The van der Waals surface area contributed by atoms with E-state index in [2.05, 4.69) is 5.32 Å². The van der Waals surface area contributed by atoms with E-state index in [0.717, 1.165) is 17.8 Å². The Kier molecular flexibility index (Phi) is 3.67. The number of anilines is 1.